The van der Waals surface area contributed by atoms with E-state index in [1.165, 1.54) is 16.4 Å². The monoisotopic (exact) mass is 678 g/mol. The molecule has 2 aliphatic heterocycles. The maximum Gasteiger partial charge on any atom is 0.243 e. The fraction of sp³-hybridized carbons (Fsp3) is 0.312. The van der Waals surface area contributed by atoms with Crippen LogP contribution in [0, 0.1) is 5.82 Å². The summed E-state index contributed by atoms with van der Waals surface area (Å²) in [5.41, 5.74) is 2.42. The number of piperazine rings is 1. The number of hydrogen-bond donors (Lipinski definition) is 0. The molecule has 2 aromatic carbocycles. The van der Waals surface area contributed by atoms with E-state index in [0.717, 1.165) is 65.6 Å². The number of pyridine rings is 1. The molecule has 0 spiro atoms. The molecule has 2 aliphatic rings. The predicted molar refractivity (Wildman–Crippen MR) is 170 cm³/mol. The molecule has 0 saturated carbocycles. The number of benzene rings is 2. The Morgan fingerprint density at radius 1 is 0.909 bits per heavy atom. The molecule has 44 heavy (non-hydrogen) atoms. The third-order valence-electron chi connectivity index (χ3n) is 8.07. The molecule has 4 aromatic rings. The first-order valence-corrected chi connectivity index (χ1v) is 16.9. The summed E-state index contributed by atoms with van der Waals surface area (Å²) in [6.45, 7) is 3.24. The first-order valence-electron chi connectivity index (χ1n) is 14.6. The quantitative estimate of drug-likeness (QED) is 0.241. The molecule has 0 amide bonds. The lowest BCUT2D eigenvalue weighted by molar-refractivity contribution is -0.122. The lowest BCUT2D eigenvalue weighted by Crippen LogP contribution is -2.47. The molecular formula is C32H32BrFN6O3S. The lowest BCUT2D eigenvalue weighted by Gasteiger charge is -2.35. The minimum absolute atomic E-state index is 0.0127. The summed E-state index contributed by atoms with van der Waals surface area (Å²) in [5.74, 6) is 0.885. The SMILES string of the molecule is O=C(CCc1cc(-c2ccc(Br)cc2)nc(N2CCN(c3ccccn3)CC2)n1)[C@@H]1CCCN1S(=O)(=O)c1ccc(F)cc1. The van der Waals surface area contributed by atoms with Gasteiger partial charge in [-0.05, 0) is 73.9 Å². The largest absolute Gasteiger partial charge is 0.353 e. The maximum atomic E-state index is 13.5. The fourth-order valence-electron chi connectivity index (χ4n) is 5.71. The van der Waals surface area contributed by atoms with Gasteiger partial charge in [0.05, 0.1) is 16.6 Å². The van der Waals surface area contributed by atoms with Crippen molar-refractivity contribution < 1.29 is 17.6 Å². The summed E-state index contributed by atoms with van der Waals surface area (Å²) in [5, 5.41) is 0. The molecule has 2 aromatic heterocycles. The van der Waals surface area contributed by atoms with Crippen LogP contribution in [0.3, 0.4) is 0 Å². The molecule has 0 aliphatic carbocycles. The van der Waals surface area contributed by atoms with E-state index in [4.69, 9.17) is 9.97 Å². The van der Waals surface area contributed by atoms with E-state index in [2.05, 4.69) is 30.7 Å². The molecule has 1 atom stereocenters. The van der Waals surface area contributed by atoms with Gasteiger partial charge in [-0.15, -0.1) is 0 Å². The van der Waals surface area contributed by atoms with Crippen LogP contribution < -0.4 is 9.80 Å². The first-order chi connectivity index (χ1) is 21.3. The highest BCUT2D eigenvalue weighted by Crippen LogP contribution is 2.29. The van der Waals surface area contributed by atoms with Crippen molar-refractivity contribution >= 4 is 43.5 Å². The number of halogens is 2. The van der Waals surface area contributed by atoms with Crippen molar-refractivity contribution in [1.82, 2.24) is 19.3 Å². The van der Waals surface area contributed by atoms with Gasteiger partial charge in [-0.25, -0.2) is 27.8 Å². The lowest BCUT2D eigenvalue weighted by atomic mass is 10.0. The van der Waals surface area contributed by atoms with Crippen LogP contribution in [0.25, 0.3) is 11.3 Å². The smallest absolute Gasteiger partial charge is 0.243 e. The normalized spacial score (nSPS) is 17.6. The first kappa shape index (κ1) is 30.3. The van der Waals surface area contributed by atoms with Crippen molar-refractivity contribution in [1.29, 1.82) is 0 Å². The number of carbonyl (C=O) groups excluding carboxylic acids is 1. The zero-order valence-corrected chi connectivity index (χ0v) is 26.4. The van der Waals surface area contributed by atoms with Crippen molar-refractivity contribution in [3.05, 3.63) is 95.0 Å². The van der Waals surface area contributed by atoms with Crippen molar-refractivity contribution in [3.8, 4) is 11.3 Å². The van der Waals surface area contributed by atoms with Crippen LogP contribution >= 0.6 is 15.9 Å². The Hall–Kier alpha value is -3.74. The number of nitrogens with zero attached hydrogens (tertiary/aromatic N) is 6. The maximum absolute atomic E-state index is 13.5. The predicted octanol–water partition coefficient (Wildman–Crippen LogP) is 5.12. The number of aromatic nitrogens is 3. The zero-order valence-electron chi connectivity index (χ0n) is 24.0. The molecule has 2 fully saturated rings. The third-order valence-corrected chi connectivity index (χ3v) is 10.5. The topological polar surface area (TPSA) is 99.6 Å². The standard InChI is InChI=1S/C32H32BrFN6O3S/c33-24-8-6-23(7-9-24)28-22-26(36-32(37-28)39-20-18-38(19-21-39)31-5-1-2-16-35-31)12-15-30(41)29-4-3-17-40(29)44(42,43)27-13-10-25(34)11-14-27/h1-2,5-11,13-14,16,22,29H,3-4,12,15,17-21H2/t29-/m0/s1. The van der Waals surface area contributed by atoms with E-state index in [1.54, 1.807) is 6.20 Å². The van der Waals surface area contributed by atoms with Crippen LogP contribution in [0.5, 0.6) is 0 Å². The molecule has 9 nitrogen and oxygen atoms in total. The van der Waals surface area contributed by atoms with Crippen molar-refractivity contribution in [2.24, 2.45) is 0 Å². The Bertz CT molecular complexity index is 1720. The van der Waals surface area contributed by atoms with E-state index in [-0.39, 0.29) is 23.6 Å². The van der Waals surface area contributed by atoms with Gasteiger partial charge >= 0.3 is 0 Å². The summed E-state index contributed by atoms with van der Waals surface area (Å²) >= 11 is 3.49. The number of aryl methyl sites for hydroxylation is 1. The summed E-state index contributed by atoms with van der Waals surface area (Å²) in [6, 6.07) is 19.7. The molecule has 2 saturated heterocycles. The number of ketones is 1. The number of carbonyl (C=O) groups is 1. The molecule has 228 valence electrons. The summed E-state index contributed by atoms with van der Waals surface area (Å²) in [4.78, 5) is 32.1. The van der Waals surface area contributed by atoms with Gasteiger partial charge in [0, 0.05) is 61.1 Å². The fourth-order valence-corrected chi connectivity index (χ4v) is 7.65. The number of hydrogen-bond acceptors (Lipinski definition) is 8. The molecule has 0 radical (unpaired) electrons. The van der Waals surface area contributed by atoms with Crippen LogP contribution in [0.15, 0.2) is 88.4 Å². The molecule has 0 bridgehead atoms. The average Bonchev–Trinajstić information content (AvgIpc) is 3.56. The summed E-state index contributed by atoms with van der Waals surface area (Å²) in [7, 11) is -3.92. The number of Topliss-reactive ketones (excluding diaryl/α,β-unsaturated/α-hetero) is 1. The number of rotatable bonds is 9. The van der Waals surface area contributed by atoms with Gasteiger partial charge in [-0.2, -0.15) is 4.31 Å². The van der Waals surface area contributed by atoms with Gasteiger partial charge in [0.25, 0.3) is 0 Å². The van der Waals surface area contributed by atoms with Gasteiger partial charge in [0.1, 0.15) is 11.6 Å². The highest BCUT2D eigenvalue weighted by atomic mass is 79.9. The van der Waals surface area contributed by atoms with Crippen LogP contribution in [0.2, 0.25) is 0 Å². The van der Waals surface area contributed by atoms with E-state index in [9.17, 15) is 17.6 Å². The second-order valence-corrected chi connectivity index (χ2v) is 13.7. The summed E-state index contributed by atoms with van der Waals surface area (Å²) < 4.78 is 42.3. The van der Waals surface area contributed by atoms with Crippen LogP contribution in [0.1, 0.15) is 25.0 Å². The van der Waals surface area contributed by atoms with Gasteiger partial charge < -0.3 is 9.80 Å². The Balaban J connectivity index is 1.20. The van der Waals surface area contributed by atoms with E-state index < -0.39 is 21.9 Å². The minimum Gasteiger partial charge on any atom is -0.353 e. The highest BCUT2D eigenvalue weighted by Gasteiger charge is 2.39. The second kappa shape index (κ2) is 13.1. The van der Waals surface area contributed by atoms with Gasteiger partial charge in [0.2, 0.25) is 16.0 Å². The van der Waals surface area contributed by atoms with Crippen molar-refractivity contribution in [2.45, 2.75) is 36.6 Å². The second-order valence-electron chi connectivity index (χ2n) is 10.9. The minimum atomic E-state index is -3.92. The zero-order chi connectivity index (χ0) is 30.7. The average molecular weight is 680 g/mol. The molecule has 0 unspecified atom stereocenters. The van der Waals surface area contributed by atoms with E-state index in [1.807, 2.05) is 48.5 Å². The Morgan fingerprint density at radius 3 is 2.34 bits per heavy atom. The Morgan fingerprint density at radius 2 is 1.64 bits per heavy atom. The van der Waals surface area contributed by atoms with E-state index in [0.29, 0.717) is 25.2 Å². The Kier molecular flexibility index (Phi) is 9.01. The highest BCUT2D eigenvalue weighted by molar-refractivity contribution is 9.10. The van der Waals surface area contributed by atoms with E-state index >= 15 is 0 Å². The molecule has 4 heterocycles. The van der Waals surface area contributed by atoms with Gasteiger partial charge in [-0.3, -0.25) is 4.79 Å². The summed E-state index contributed by atoms with van der Waals surface area (Å²) in [6.07, 6.45) is 3.34. The van der Waals surface area contributed by atoms with Gasteiger partial charge in [0.15, 0.2) is 5.78 Å². The van der Waals surface area contributed by atoms with Crippen molar-refractivity contribution in [3.63, 3.8) is 0 Å². The van der Waals surface area contributed by atoms with Crippen LogP contribution in [-0.4, -0.2) is 72.2 Å². The molecule has 0 N–H and O–H groups in total. The molecular weight excluding hydrogens is 647 g/mol. The van der Waals surface area contributed by atoms with Gasteiger partial charge in [-0.1, -0.05) is 34.1 Å². The molecule has 6 rings (SSSR count). The number of sulfonamides is 1. The van der Waals surface area contributed by atoms with Crippen molar-refractivity contribution in [2.75, 3.05) is 42.5 Å². The van der Waals surface area contributed by atoms with Crippen LogP contribution in [0.4, 0.5) is 16.2 Å². The Labute approximate surface area is 264 Å². The number of anilines is 2. The third kappa shape index (κ3) is 6.67. The van der Waals surface area contributed by atoms with Crippen LogP contribution in [-0.2, 0) is 21.2 Å². The molecule has 12 heteroatoms.